The fourth-order valence-electron chi connectivity index (χ4n) is 4.24. The maximum atomic E-state index is 13.3. The van der Waals surface area contributed by atoms with E-state index in [1.807, 2.05) is 13.8 Å². The number of likely N-dealkylation sites (tertiary alicyclic amines) is 1. The van der Waals surface area contributed by atoms with Crippen LogP contribution in [0.2, 0.25) is 0 Å². The lowest BCUT2D eigenvalue weighted by atomic mass is 9.96. The van der Waals surface area contributed by atoms with Crippen molar-refractivity contribution in [2.45, 2.75) is 33.4 Å². The quantitative estimate of drug-likeness (QED) is 0.187. The number of Topliss-reactive ketones (excluding diaryl/α,β-unsaturated/α-hetero) is 1. The number of amides is 1. The Morgan fingerprint density at radius 2 is 1.82 bits per heavy atom. The molecular weight excluding hydrogens is 484 g/mol. The first kappa shape index (κ1) is 26.6. The minimum Gasteiger partial charge on any atom is -0.507 e. The van der Waals surface area contributed by atoms with Crippen LogP contribution in [0.5, 0.6) is 5.75 Å². The van der Waals surface area contributed by atoms with Crippen molar-refractivity contribution in [1.82, 2.24) is 9.88 Å². The summed E-state index contributed by atoms with van der Waals surface area (Å²) < 4.78 is 10.8. The third-order valence-electron chi connectivity index (χ3n) is 6.05. The first-order chi connectivity index (χ1) is 18.3. The van der Waals surface area contributed by atoms with Crippen molar-refractivity contribution in [1.29, 1.82) is 0 Å². The first-order valence-corrected chi connectivity index (χ1v) is 12.5. The van der Waals surface area contributed by atoms with Crippen LogP contribution in [-0.4, -0.2) is 45.9 Å². The Morgan fingerprint density at radius 1 is 1.05 bits per heavy atom. The van der Waals surface area contributed by atoms with Gasteiger partial charge in [0.05, 0.1) is 30.4 Å². The normalized spacial score (nSPS) is 16.6. The molecule has 38 heavy (non-hydrogen) atoms. The zero-order chi connectivity index (χ0) is 27.2. The maximum Gasteiger partial charge on any atom is 0.338 e. The summed E-state index contributed by atoms with van der Waals surface area (Å²) >= 11 is 0. The summed E-state index contributed by atoms with van der Waals surface area (Å²) in [5.74, 6) is -1.37. The zero-order valence-electron chi connectivity index (χ0n) is 21.6. The second kappa shape index (κ2) is 11.7. The summed E-state index contributed by atoms with van der Waals surface area (Å²) in [4.78, 5) is 44.1. The number of carbonyl (C=O) groups excluding carboxylic acids is 3. The van der Waals surface area contributed by atoms with E-state index in [-0.39, 0.29) is 24.5 Å². The molecule has 1 aliphatic rings. The molecule has 1 amide bonds. The van der Waals surface area contributed by atoms with Crippen LogP contribution in [0.3, 0.4) is 0 Å². The topological polar surface area (TPSA) is 106 Å². The predicted octanol–water partition coefficient (Wildman–Crippen LogP) is 4.92. The highest BCUT2D eigenvalue weighted by Gasteiger charge is 2.46. The minimum atomic E-state index is -0.853. The molecule has 8 heteroatoms. The van der Waals surface area contributed by atoms with Crippen LogP contribution in [0.15, 0.2) is 78.6 Å². The van der Waals surface area contributed by atoms with E-state index in [0.29, 0.717) is 40.5 Å². The van der Waals surface area contributed by atoms with Gasteiger partial charge in [0, 0.05) is 24.5 Å². The number of nitrogens with zero attached hydrogens (tertiary/aromatic N) is 2. The number of hydrogen-bond donors (Lipinski definition) is 1. The van der Waals surface area contributed by atoms with Gasteiger partial charge in [-0.15, -0.1) is 0 Å². The predicted molar refractivity (Wildman–Crippen MR) is 141 cm³/mol. The molecule has 0 saturated carbocycles. The summed E-state index contributed by atoms with van der Waals surface area (Å²) in [6.07, 6.45) is 3.17. The number of esters is 1. The van der Waals surface area contributed by atoms with E-state index in [1.165, 1.54) is 4.90 Å². The van der Waals surface area contributed by atoms with Gasteiger partial charge < -0.3 is 19.5 Å². The van der Waals surface area contributed by atoms with Gasteiger partial charge in [-0.1, -0.05) is 44.2 Å². The highest BCUT2D eigenvalue weighted by molar-refractivity contribution is 6.46. The molecule has 1 atom stereocenters. The van der Waals surface area contributed by atoms with Crippen LogP contribution >= 0.6 is 0 Å². The van der Waals surface area contributed by atoms with Gasteiger partial charge in [0.2, 0.25) is 0 Å². The zero-order valence-corrected chi connectivity index (χ0v) is 21.6. The molecule has 1 saturated heterocycles. The molecule has 0 radical (unpaired) electrons. The number of benzene rings is 2. The molecule has 1 unspecified atom stereocenters. The molecule has 1 N–H and O–H groups in total. The highest BCUT2D eigenvalue weighted by Crippen LogP contribution is 2.40. The molecule has 2 aromatic carbocycles. The van der Waals surface area contributed by atoms with Gasteiger partial charge in [-0.05, 0) is 54.3 Å². The Kier molecular flexibility index (Phi) is 8.21. The second-order valence-corrected chi connectivity index (χ2v) is 9.36. The fraction of sp³-hybridized carbons (Fsp3) is 0.267. The van der Waals surface area contributed by atoms with Gasteiger partial charge in [0.15, 0.2) is 0 Å². The number of aromatic nitrogens is 1. The average Bonchev–Trinajstić information content (AvgIpc) is 3.17. The van der Waals surface area contributed by atoms with Crippen LogP contribution in [0.25, 0.3) is 5.76 Å². The minimum absolute atomic E-state index is 0.0212. The first-order valence-electron chi connectivity index (χ1n) is 12.5. The lowest BCUT2D eigenvalue weighted by molar-refractivity contribution is -0.140. The molecule has 3 aromatic rings. The number of pyridine rings is 1. The van der Waals surface area contributed by atoms with Crippen molar-refractivity contribution < 1.29 is 29.0 Å². The molecule has 2 heterocycles. The van der Waals surface area contributed by atoms with E-state index >= 15 is 0 Å². The van der Waals surface area contributed by atoms with Gasteiger partial charge in [0.1, 0.15) is 11.5 Å². The van der Waals surface area contributed by atoms with E-state index in [4.69, 9.17) is 9.47 Å². The Hall–Kier alpha value is -4.46. The average molecular weight is 515 g/mol. The number of ketones is 1. The van der Waals surface area contributed by atoms with Gasteiger partial charge >= 0.3 is 5.97 Å². The Labute approximate surface area is 221 Å². The number of hydrogen-bond acceptors (Lipinski definition) is 7. The summed E-state index contributed by atoms with van der Waals surface area (Å²) in [7, 11) is 0. The molecule has 1 aromatic heterocycles. The largest absolute Gasteiger partial charge is 0.507 e. The molecule has 0 bridgehead atoms. The van der Waals surface area contributed by atoms with Crippen molar-refractivity contribution in [2.24, 2.45) is 5.92 Å². The van der Waals surface area contributed by atoms with Crippen molar-refractivity contribution >= 4 is 23.4 Å². The van der Waals surface area contributed by atoms with Crippen LogP contribution in [0, 0.1) is 5.92 Å². The number of aliphatic hydroxyl groups is 1. The smallest absolute Gasteiger partial charge is 0.338 e. The summed E-state index contributed by atoms with van der Waals surface area (Å²) in [6.45, 7) is 6.65. The molecule has 1 fully saturated rings. The van der Waals surface area contributed by atoms with E-state index in [1.54, 1.807) is 80.0 Å². The van der Waals surface area contributed by atoms with Crippen LogP contribution in [0.4, 0.5) is 0 Å². The van der Waals surface area contributed by atoms with Gasteiger partial charge in [-0.2, -0.15) is 0 Å². The molecular formula is C30H30N2O6. The van der Waals surface area contributed by atoms with Crippen molar-refractivity contribution in [3.05, 3.63) is 101 Å². The Balaban J connectivity index is 1.72. The summed E-state index contributed by atoms with van der Waals surface area (Å²) in [5.41, 5.74) is 2.03. The van der Waals surface area contributed by atoms with E-state index < -0.39 is 23.7 Å². The van der Waals surface area contributed by atoms with Gasteiger partial charge in [-0.25, -0.2) is 4.79 Å². The third-order valence-corrected chi connectivity index (χ3v) is 6.05. The van der Waals surface area contributed by atoms with E-state index in [0.717, 1.165) is 0 Å². The SMILES string of the molecule is CCOC(=O)c1ccc(CN2C(=O)C(=O)/C(=C(/O)c3cccc(OCC(C)C)c3)C2c2cccnc2)cc1. The molecule has 0 spiro atoms. The van der Waals surface area contributed by atoms with Gasteiger partial charge in [-0.3, -0.25) is 14.6 Å². The van der Waals surface area contributed by atoms with Crippen molar-refractivity contribution in [2.75, 3.05) is 13.2 Å². The second-order valence-electron chi connectivity index (χ2n) is 9.36. The molecule has 1 aliphatic heterocycles. The summed E-state index contributed by atoms with van der Waals surface area (Å²) in [5, 5.41) is 11.3. The monoisotopic (exact) mass is 514 g/mol. The van der Waals surface area contributed by atoms with E-state index in [2.05, 4.69) is 4.98 Å². The maximum absolute atomic E-state index is 13.3. The highest BCUT2D eigenvalue weighted by atomic mass is 16.5. The standard InChI is InChI=1S/C30H30N2O6/c1-4-37-30(36)21-12-10-20(11-13-21)17-32-26(23-8-6-14-31-16-23)25(28(34)29(32)35)27(33)22-7-5-9-24(15-22)38-18-19(2)3/h5-16,19,26,33H,4,17-18H2,1-3H3/b27-25+. The van der Waals surface area contributed by atoms with Crippen molar-refractivity contribution in [3.8, 4) is 5.75 Å². The number of carbonyl (C=O) groups is 3. The Morgan fingerprint density at radius 3 is 2.47 bits per heavy atom. The van der Waals surface area contributed by atoms with Crippen molar-refractivity contribution in [3.63, 3.8) is 0 Å². The lowest BCUT2D eigenvalue weighted by Gasteiger charge is -2.25. The molecule has 0 aliphatic carbocycles. The molecule has 196 valence electrons. The number of rotatable bonds is 9. The molecule has 4 rings (SSSR count). The number of aliphatic hydroxyl groups excluding tert-OH is 1. The van der Waals surface area contributed by atoms with Gasteiger partial charge in [0.25, 0.3) is 11.7 Å². The van der Waals surface area contributed by atoms with Crippen LogP contribution in [0.1, 0.15) is 53.9 Å². The molecule has 8 nitrogen and oxygen atoms in total. The van der Waals surface area contributed by atoms with Crippen LogP contribution in [-0.2, 0) is 20.9 Å². The third kappa shape index (κ3) is 5.75. The van der Waals surface area contributed by atoms with Crippen LogP contribution < -0.4 is 4.74 Å². The fourth-order valence-corrected chi connectivity index (χ4v) is 4.24. The lowest BCUT2D eigenvalue weighted by Crippen LogP contribution is -2.29. The summed E-state index contributed by atoms with van der Waals surface area (Å²) in [6, 6.07) is 16.1. The Bertz CT molecular complexity index is 1350. The van der Waals surface area contributed by atoms with E-state index in [9.17, 15) is 19.5 Å². The number of ether oxygens (including phenoxy) is 2.